The molecule has 5 nitrogen and oxygen atoms in total. The van der Waals surface area contributed by atoms with Crippen LogP contribution in [-0.2, 0) is 6.61 Å². The van der Waals surface area contributed by atoms with Crippen LogP contribution in [0.25, 0.3) is 11.3 Å². The Kier molecular flexibility index (Phi) is 4.60. The van der Waals surface area contributed by atoms with Gasteiger partial charge in [-0.25, -0.2) is 4.98 Å². The second-order valence-corrected chi connectivity index (χ2v) is 5.64. The molecule has 0 saturated heterocycles. The summed E-state index contributed by atoms with van der Waals surface area (Å²) in [6, 6.07) is 21.1. The molecule has 2 aromatic carbocycles. The van der Waals surface area contributed by atoms with E-state index in [-0.39, 0.29) is 0 Å². The number of rotatable bonds is 6. The Hall–Kier alpha value is -3.60. The van der Waals surface area contributed by atoms with Gasteiger partial charge in [0.05, 0.1) is 5.69 Å². The minimum atomic E-state index is 0.396. The van der Waals surface area contributed by atoms with E-state index in [0.29, 0.717) is 6.61 Å². The van der Waals surface area contributed by atoms with Gasteiger partial charge in [-0.2, -0.15) is 0 Å². The monoisotopic (exact) mass is 343 g/mol. The third-order valence-electron chi connectivity index (χ3n) is 3.79. The van der Waals surface area contributed by atoms with E-state index < -0.39 is 0 Å². The zero-order valence-corrected chi connectivity index (χ0v) is 14.0. The largest absolute Gasteiger partial charge is 0.486 e. The second kappa shape index (κ2) is 7.53. The van der Waals surface area contributed by atoms with E-state index in [1.807, 2.05) is 72.9 Å². The molecular weight excluding hydrogens is 326 g/mol. The molecule has 2 aromatic heterocycles. The molecule has 0 spiro atoms. The van der Waals surface area contributed by atoms with Crippen molar-refractivity contribution in [1.29, 1.82) is 0 Å². The maximum atomic E-state index is 5.77. The van der Waals surface area contributed by atoms with Gasteiger partial charge in [0.15, 0.2) is 0 Å². The van der Waals surface area contributed by atoms with E-state index in [2.05, 4.69) is 15.0 Å². The zero-order valence-electron chi connectivity index (χ0n) is 14.0. The maximum absolute atomic E-state index is 5.77. The summed E-state index contributed by atoms with van der Waals surface area (Å²) in [6.45, 7) is 0.396. The molecule has 0 amide bonds. The molecule has 0 fully saturated rings. The molecule has 5 heteroatoms. The highest BCUT2D eigenvalue weighted by Gasteiger charge is 2.06. The highest BCUT2D eigenvalue weighted by molar-refractivity contribution is 5.59. The van der Waals surface area contributed by atoms with E-state index in [9.17, 15) is 0 Å². The van der Waals surface area contributed by atoms with Crippen molar-refractivity contribution in [3.8, 4) is 28.5 Å². The molecule has 2 heterocycles. The predicted molar refractivity (Wildman–Crippen MR) is 99.1 cm³/mol. The predicted octanol–water partition coefficient (Wildman–Crippen LogP) is 4.84. The van der Waals surface area contributed by atoms with Crippen LogP contribution in [0, 0.1) is 0 Å². The zero-order chi connectivity index (χ0) is 17.6. The van der Waals surface area contributed by atoms with Gasteiger partial charge < -0.3 is 14.5 Å². The fourth-order valence-corrected chi connectivity index (χ4v) is 2.49. The first-order valence-electron chi connectivity index (χ1n) is 8.27. The number of imidazole rings is 1. The molecule has 0 atom stereocenters. The number of nitrogens with one attached hydrogen (secondary N) is 1. The first-order chi connectivity index (χ1) is 12.9. The highest BCUT2D eigenvalue weighted by atomic mass is 16.5. The lowest BCUT2D eigenvalue weighted by molar-refractivity contribution is 0.297. The van der Waals surface area contributed by atoms with Crippen LogP contribution in [0.3, 0.4) is 0 Å². The topological polar surface area (TPSA) is 60.0 Å². The Bertz CT molecular complexity index is 951. The van der Waals surface area contributed by atoms with E-state index in [4.69, 9.17) is 9.47 Å². The number of hydrogen-bond acceptors (Lipinski definition) is 4. The van der Waals surface area contributed by atoms with Gasteiger partial charge in [-0.05, 0) is 48.5 Å². The molecule has 0 unspecified atom stereocenters. The molecule has 0 aliphatic heterocycles. The first kappa shape index (κ1) is 15.9. The standard InChI is InChI=1S/C21H17N3O2/c1-2-4-17(5-3-1)25-15-21-23-14-20(24-21)16-6-8-18(9-7-16)26-19-10-12-22-13-11-19/h1-14H,15H2,(H,23,24). The summed E-state index contributed by atoms with van der Waals surface area (Å²) in [5, 5.41) is 0. The minimum Gasteiger partial charge on any atom is -0.486 e. The fraction of sp³-hybridized carbons (Fsp3) is 0.0476. The molecular formula is C21H17N3O2. The Morgan fingerprint density at radius 1 is 0.769 bits per heavy atom. The minimum absolute atomic E-state index is 0.396. The van der Waals surface area contributed by atoms with Crippen LogP contribution < -0.4 is 9.47 Å². The summed E-state index contributed by atoms with van der Waals surface area (Å²) in [5.41, 5.74) is 1.88. The van der Waals surface area contributed by atoms with Gasteiger partial charge >= 0.3 is 0 Å². The molecule has 26 heavy (non-hydrogen) atoms. The van der Waals surface area contributed by atoms with Gasteiger partial charge in [0.25, 0.3) is 0 Å². The summed E-state index contributed by atoms with van der Waals surface area (Å²) in [6.07, 6.45) is 5.28. The maximum Gasteiger partial charge on any atom is 0.146 e. The van der Waals surface area contributed by atoms with Crippen LogP contribution in [-0.4, -0.2) is 15.0 Å². The molecule has 128 valence electrons. The summed E-state index contributed by atoms with van der Waals surface area (Å²) in [5.74, 6) is 3.13. The quantitative estimate of drug-likeness (QED) is 0.544. The van der Waals surface area contributed by atoms with Gasteiger partial charge in [0.2, 0.25) is 0 Å². The number of aromatic amines is 1. The number of pyridine rings is 1. The second-order valence-electron chi connectivity index (χ2n) is 5.64. The van der Waals surface area contributed by atoms with Gasteiger partial charge in [-0.1, -0.05) is 18.2 Å². The summed E-state index contributed by atoms with van der Waals surface area (Å²) < 4.78 is 11.5. The van der Waals surface area contributed by atoms with E-state index in [1.165, 1.54) is 0 Å². The third-order valence-corrected chi connectivity index (χ3v) is 3.79. The van der Waals surface area contributed by atoms with Crippen LogP contribution >= 0.6 is 0 Å². The summed E-state index contributed by atoms with van der Waals surface area (Å²) >= 11 is 0. The number of H-pyrrole nitrogens is 1. The Labute approximate surface area is 151 Å². The van der Waals surface area contributed by atoms with E-state index in [0.717, 1.165) is 34.3 Å². The van der Waals surface area contributed by atoms with Crippen LogP contribution in [0.4, 0.5) is 0 Å². The third kappa shape index (κ3) is 3.89. The SMILES string of the molecule is c1ccc(OCc2nc(-c3ccc(Oc4ccncc4)cc3)c[nH]2)cc1. The van der Waals surface area contributed by atoms with Gasteiger partial charge in [0.1, 0.15) is 29.7 Å². The summed E-state index contributed by atoms with van der Waals surface area (Å²) in [7, 11) is 0. The molecule has 0 aliphatic carbocycles. The van der Waals surface area contributed by atoms with Crippen molar-refractivity contribution in [2.45, 2.75) is 6.61 Å². The molecule has 0 bridgehead atoms. The Morgan fingerprint density at radius 3 is 2.27 bits per heavy atom. The first-order valence-corrected chi connectivity index (χ1v) is 8.27. The molecule has 0 aliphatic rings. The number of nitrogens with zero attached hydrogens (tertiary/aromatic N) is 2. The lowest BCUT2D eigenvalue weighted by atomic mass is 10.2. The molecule has 4 aromatic rings. The van der Waals surface area contributed by atoms with Crippen LogP contribution in [0.2, 0.25) is 0 Å². The normalized spacial score (nSPS) is 10.5. The lowest BCUT2D eigenvalue weighted by Gasteiger charge is -2.05. The molecule has 4 rings (SSSR count). The Morgan fingerprint density at radius 2 is 1.50 bits per heavy atom. The van der Waals surface area contributed by atoms with Gasteiger partial charge in [0, 0.05) is 24.2 Å². The summed E-state index contributed by atoms with van der Waals surface area (Å²) in [4.78, 5) is 11.7. The number of para-hydroxylation sites is 1. The smallest absolute Gasteiger partial charge is 0.146 e. The van der Waals surface area contributed by atoms with E-state index >= 15 is 0 Å². The van der Waals surface area contributed by atoms with Crippen molar-refractivity contribution in [2.75, 3.05) is 0 Å². The van der Waals surface area contributed by atoms with Crippen LogP contribution in [0.5, 0.6) is 17.2 Å². The molecule has 1 N–H and O–H groups in total. The average molecular weight is 343 g/mol. The highest BCUT2D eigenvalue weighted by Crippen LogP contribution is 2.24. The van der Waals surface area contributed by atoms with Crippen molar-refractivity contribution in [1.82, 2.24) is 15.0 Å². The number of hydrogen-bond donors (Lipinski definition) is 1. The van der Waals surface area contributed by atoms with Gasteiger partial charge in [-0.3, -0.25) is 4.98 Å². The van der Waals surface area contributed by atoms with Crippen LogP contribution in [0.15, 0.2) is 85.3 Å². The Balaban J connectivity index is 1.41. The molecule has 0 saturated carbocycles. The van der Waals surface area contributed by atoms with Gasteiger partial charge in [-0.15, -0.1) is 0 Å². The van der Waals surface area contributed by atoms with E-state index in [1.54, 1.807) is 12.4 Å². The lowest BCUT2D eigenvalue weighted by Crippen LogP contribution is -1.97. The van der Waals surface area contributed by atoms with Crippen molar-refractivity contribution in [3.63, 3.8) is 0 Å². The van der Waals surface area contributed by atoms with Crippen molar-refractivity contribution in [2.24, 2.45) is 0 Å². The molecule has 0 radical (unpaired) electrons. The van der Waals surface area contributed by atoms with Crippen molar-refractivity contribution in [3.05, 3.63) is 91.1 Å². The van der Waals surface area contributed by atoms with Crippen molar-refractivity contribution >= 4 is 0 Å². The van der Waals surface area contributed by atoms with Crippen LogP contribution in [0.1, 0.15) is 5.82 Å². The number of ether oxygens (including phenoxy) is 2. The number of benzene rings is 2. The van der Waals surface area contributed by atoms with Crippen molar-refractivity contribution < 1.29 is 9.47 Å². The number of aromatic nitrogens is 3. The average Bonchev–Trinajstić information content (AvgIpc) is 3.18. The fourth-order valence-electron chi connectivity index (χ4n) is 2.49.